The standard InChI is InChI=1S/C13H15NO3/c1-2-3-7-17-12-10(13(15)16)8-9-5-4-6-11(9)14-12/h2-3,8H,4-7H2,1H3,(H,15,16). The van der Waals surface area contributed by atoms with E-state index >= 15 is 0 Å². The minimum absolute atomic E-state index is 0.162. The Kier molecular flexibility index (Phi) is 3.42. The molecule has 2 rings (SSSR count). The minimum atomic E-state index is -0.984. The third-order valence-corrected chi connectivity index (χ3v) is 2.80. The molecule has 90 valence electrons. The fraction of sp³-hybridized carbons (Fsp3) is 0.385. The van der Waals surface area contributed by atoms with Crippen LogP contribution in [0.25, 0.3) is 0 Å². The van der Waals surface area contributed by atoms with E-state index in [1.54, 1.807) is 6.07 Å². The number of carboxylic acids is 1. The molecule has 1 N–H and O–H groups in total. The van der Waals surface area contributed by atoms with Crippen LogP contribution in [0.1, 0.15) is 35.0 Å². The highest BCUT2D eigenvalue weighted by Crippen LogP contribution is 2.26. The number of carbonyl (C=O) groups is 1. The Bertz CT molecular complexity index is 466. The second kappa shape index (κ2) is 4.99. The Morgan fingerprint density at radius 3 is 3.12 bits per heavy atom. The molecule has 1 aliphatic rings. The molecule has 1 aromatic heterocycles. The van der Waals surface area contributed by atoms with Gasteiger partial charge in [0.2, 0.25) is 5.88 Å². The lowest BCUT2D eigenvalue weighted by molar-refractivity contribution is 0.0691. The number of hydrogen-bond acceptors (Lipinski definition) is 3. The molecule has 0 fully saturated rings. The quantitative estimate of drug-likeness (QED) is 0.810. The normalized spacial score (nSPS) is 13.9. The molecule has 1 aliphatic carbocycles. The van der Waals surface area contributed by atoms with Crippen LogP contribution in [0.4, 0.5) is 0 Å². The van der Waals surface area contributed by atoms with Crippen molar-refractivity contribution in [2.45, 2.75) is 26.2 Å². The van der Waals surface area contributed by atoms with Crippen LogP contribution in [0.3, 0.4) is 0 Å². The van der Waals surface area contributed by atoms with Crippen molar-refractivity contribution in [3.8, 4) is 5.88 Å². The van der Waals surface area contributed by atoms with Gasteiger partial charge in [0.25, 0.3) is 0 Å². The topological polar surface area (TPSA) is 59.4 Å². The fourth-order valence-corrected chi connectivity index (χ4v) is 1.94. The minimum Gasteiger partial charge on any atom is -0.477 e. The van der Waals surface area contributed by atoms with E-state index in [9.17, 15) is 4.79 Å². The van der Waals surface area contributed by atoms with Crippen LogP contribution in [0.2, 0.25) is 0 Å². The molecule has 4 heteroatoms. The Morgan fingerprint density at radius 1 is 1.59 bits per heavy atom. The zero-order chi connectivity index (χ0) is 12.3. The number of nitrogens with zero attached hydrogens (tertiary/aromatic N) is 1. The number of aromatic carboxylic acids is 1. The maximum atomic E-state index is 11.1. The van der Waals surface area contributed by atoms with Crippen molar-refractivity contribution < 1.29 is 14.6 Å². The summed E-state index contributed by atoms with van der Waals surface area (Å²) in [6, 6.07) is 1.70. The van der Waals surface area contributed by atoms with Crippen LogP contribution >= 0.6 is 0 Å². The van der Waals surface area contributed by atoms with Gasteiger partial charge in [-0.2, -0.15) is 0 Å². The van der Waals surface area contributed by atoms with E-state index in [-0.39, 0.29) is 11.4 Å². The number of carboxylic acid groups (broad SMARTS) is 1. The average molecular weight is 233 g/mol. The number of ether oxygens (including phenoxy) is 1. The molecule has 0 amide bonds. The molecule has 17 heavy (non-hydrogen) atoms. The van der Waals surface area contributed by atoms with Crippen LogP contribution in [-0.2, 0) is 12.8 Å². The summed E-state index contributed by atoms with van der Waals surface area (Å²) in [6.07, 6.45) is 6.54. The molecule has 1 aromatic rings. The Morgan fingerprint density at radius 2 is 2.41 bits per heavy atom. The third-order valence-electron chi connectivity index (χ3n) is 2.80. The number of rotatable bonds is 4. The van der Waals surface area contributed by atoms with E-state index in [0.717, 1.165) is 30.5 Å². The molecule has 0 saturated carbocycles. The van der Waals surface area contributed by atoms with E-state index in [1.165, 1.54) is 0 Å². The number of allylic oxidation sites excluding steroid dienone is 1. The molecular weight excluding hydrogens is 218 g/mol. The zero-order valence-electron chi connectivity index (χ0n) is 9.77. The molecule has 0 unspecified atom stereocenters. The summed E-state index contributed by atoms with van der Waals surface area (Å²) >= 11 is 0. The fourth-order valence-electron chi connectivity index (χ4n) is 1.94. The first-order valence-electron chi connectivity index (χ1n) is 5.72. The third kappa shape index (κ3) is 2.46. The second-order valence-electron chi connectivity index (χ2n) is 3.99. The maximum Gasteiger partial charge on any atom is 0.341 e. The van der Waals surface area contributed by atoms with Gasteiger partial charge in [-0.1, -0.05) is 12.2 Å². The molecule has 0 bridgehead atoms. The molecule has 4 nitrogen and oxygen atoms in total. The van der Waals surface area contributed by atoms with Gasteiger partial charge in [-0.05, 0) is 37.8 Å². The summed E-state index contributed by atoms with van der Waals surface area (Å²) in [5.74, 6) is -0.751. The van der Waals surface area contributed by atoms with Crippen LogP contribution in [0.15, 0.2) is 18.2 Å². The summed E-state index contributed by atoms with van der Waals surface area (Å²) in [5, 5.41) is 9.12. The predicted octanol–water partition coefficient (Wildman–Crippen LogP) is 2.22. The number of pyridine rings is 1. The van der Waals surface area contributed by atoms with Crippen molar-refractivity contribution in [3.05, 3.63) is 35.0 Å². The van der Waals surface area contributed by atoms with Crippen molar-refractivity contribution >= 4 is 5.97 Å². The highest BCUT2D eigenvalue weighted by molar-refractivity contribution is 5.90. The SMILES string of the molecule is CC=CCOc1nc2c(cc1C(=O)O)CCC2. The summed E-state index contributed by atoms with van der Waals surface area (Å²) < 4.78 is 5.39. The molecule has 0 saturated heterocycles. The van der Waals surface area contributed by atoms with Crippen molar-refractivity contribution in [1.82, 2.24) is 4.98 Å². The summed E-state index contributed by atoms with van der Waals surface area (Å²) in [7, 11) is 0. The lowest BCUT2D eigenvalue weighted by Gasteiger charge is -2.08. The molecule has 0 aromatic carbocycles. The zero-order valence-corrected chi connectivity index (χ0v) is 9.77. The largest absolute Gasteiger partial charge is 0.477 e. The lowest BCUT2D eigenvalue weighted by atomic mass is 10.1. The van der Waals surface area contributed by atoms with Crippen molar-refractivity contribution in [1.29, 1.82) is 0 Å². The van der Waals surface area contributed by atoms with Gasteiger partial charge in [0.15, 0.2) is 0 Å². The first-order chi connectivity index (χ1) is 8.22. The van der Waals surface area contributed by atoms with Crippen LogP contribution < -0.4 is 4.74 Å². The van der Waals surface area contributed by atoms with E-state index in [4.69, 9.17) is 9.84 Å². The highest BCUT2D eigenvalue weighted by atomic mass is 16.5. The van der Waals surface area contributed by atoms with Gasteiger partial charge in [-0.15, -0.1) is 0 Å². The predicted molar refractivity (Wildman–Crippen MR) is 63.5 cm³/mol. The Hall–Kier alpha value is -1.84. The van der Waals surface area contributed by atoms with Gasteiger partial charge in [0.1, 0.15) is 12.2 Å². The van der Waals surface area contributed by atoms with E-state index in [2.05, 4.69) is 4.98 Å². The Labute approximate surface area is 99.9 Å². The molecule has 0 radical (unpaired) electrons. The summed E-state index contributed by atoms with van der Waals surface area (Å²) in [6.45, 7) is 2.24. The molecule has 0 atom stereocenters. The maximum absolute atomic E-state index is 11.1. The lowest BCUT2D eigenvalue weighted by Crippen LogP contribution is -2.07. The smallest absolute Gasteiger partial charge is 0.341 e. The molecule has 0 spiro atoms. The van der Waals surface area contributed by atoms with Crippen molar-refractivity contribution in [2.24, 2.45) is 0 Å². The molecular formula is C13H15NO3. The van der Waals surface area contributed by atoms with E-state index in [0.29, 0.717) is 6.61 Å². The van der Waals surface area contributed by atoms with Crippen LogP contribution in [-0.4, -0.2) is 22.7 Å². The van der Waals surface area contributed by atoms with Gasteiger partial charge in [0, 0.05) is 5.69 Å². The van der Waals surface area contributed by atoms with Gasteiger partial charge in [-0.3, -0.25) is 0 Å². The van der Waals surface area contributed by atoms with Crippen molar-refractivity contribution in [3.63, 3.8) is 0 Å². The average Bonchev–Trinajstić information content (AvgIpc) is 2.75. The van der Waals surface area contributed by atoms with Gasteiger partial charge < -0.3 is 9.84 Å². The molecule has 1 heterocycles. The van der Waals surface area contributed by atoms with Gasteiger partial charge in [0.05, 0.1) is 0 Å². The van der Waals surface area contributed by atoms with Gasteiger partial charge >= 0.3 is 5.97 Å². The monoisotopic (exact) mass is 233 g/mol. The second-order valence-corrected chi connectivity index (χ2v) is 3.99. The van der Waals surface area contributed by atoms with Crippen LogP contribution in [0.5, 0.6) is 5.88 Å². The highest BCUT2D eigenvalue weighted by Gasteiger charge is 2.20. The van der Waals surface area contributed by atoms with E-state index < -0.39 is 5.97 Å². The van der Waals surface area contributed by atoms with Gasteiger partial charge in [-0.25, -0.2) is 9.78 Å². The Balaban J connectivity index is 2.31. The molecule has 0 aliphatic heterocycles. The number of aryl methyl sites for hydroxylation is 2. The summed E-state index contributed by atoms with van der Waals surface area (Å²) in [4.78, 5) is 15.4. The number of aromatic nitrogens is 1. The first kappa shape index (κ1) is 11.6. The van der Waals surface area contributed by atoms with Crippen LogP contribution in [0, 0.1) is 0 Å². The number of hydrogen-bond donors (Lipinski definition) is 1. The number of fused-ring (bicyclic) bond motifs is 1. The van der Waals surface area contributed by atoms with E-state index in [1.807, 2.05) is 19.1 Å². The summed E-state index contributed by atoms with van der Waals surface area (Å²) in [5.41, 5.74) is 2.18. The first-order valence-corrected chi connectivity index (χ1v) is 5.72. The van der Waals surface area contributed by atoms with Crippen molar-refractivity contribution in [2.75, 3.05) is 6.61 Å².